The van der Waals surface area contributed by atoms with Crippen molar-refractivity contribution in [1.29, 1.82) is 0 Å². The minimum absolute atomic E-state index is 0. The van der Waals surface area contributed by atoms with E-state index >= 15 is 0 Å². The molecule has 9 rings (SSSR count). The first kappa shape index (κ1) is 32.4. The fraction of sp³-hybridized carbons (Fsp3) is 1.00. The summed E-state index contributed by atoms with van der Waals surface area (Å²) < 4.78 is 34.8. The molecule has 8 bridgehead atoms. The van der Waals surface area contributed by atoms with Gasteiger partial charge in [0.1, 0.15) is 0 Å². The second-order valence-corrected chi connectivity index (χ2v) is 18.0. The van der Waals surface area contributed by atoms with E-state index in [0.717, 1.165) is 6.42 Å². The first-order chi connectivity index (χ1) is 21.4. The molecule has 0 aromatic carbocycles. The molecule has 45 heavy (non-hydrogen) atoms. The number of fused-ring (bicyclic) bond motifs is 20. The summed E-state index contributed by atoms with van der Waals surface area (Å²) in [6.07, 6.45) is 19.1. The molecular weight excluding hydrogens is 642 g/mol. The van der Waals surface area contributed by atoms with Crippen molar-refractivity contribution in [1.82, 2.24) is 42.5 Å². The summed E-state index contributed by atoms with van der Waals surface area (Å²) in [5.74, 6) is 4.17. The Morgan fingerprint density at radius 3 is 0.889 bits per heavy atom. The molecule has 0 aromatic heterocycles. The van der Waals surface area contributed by atoms with Gasteiger partial charge in [-0.15, -0.1) is 0 Å². The summed E-state index contributed by atoms with van der Waals surface area (Å²) in [6.45, 7) is 0. The van der Waals surface area contributed by atoms with Gasteiger partial charge in [-0.2, -0.15) is 8.42 Å². The van der Waals surface area contributed by atoms with Crippen LogP contribution >= 0.6 is 0 Å². The third kappa shape index (κ3) is 5.83. The molecule has 17 unspecified atom stereocenters. The van der Waals surface area contributed by atoms with Crippen molar-refractivity contribution in [2.75, 3.05) is 0 Å². The first-order valence-electron chi connectivity index (χ1n) is 18.5. The molecule has 11 nitrogen and oxygen atoms in total. The molecule has 9 N–H and O–H groups in total. The third-order valence-corrected chi connectivity index (χ3v) is 15.5. The molecule has 9 fully saturated rings. The molecule has 250 valence electrons. The van der Waals surface area contributed by atoms with Crippen LogP contribution in [0.1, 0.15) is 96.3 Å². The van der Waals surface area contributed by atoms with E-state index in [-0.39, 0.29) is 56.2 Å². The van der Waals surface area contributed by atoms with Crippen LogP contribution in [0, 0.1) is 47.3 Å². The molecular formula is C32H56N8O3SZn. The van der Waals surface area contributed by atoms with Gasteiger partial charge < -0.3 is 0 Å². The molecule has 5 heterocycles. The molecule has 0 amide bonds. The molecule has 17 atom stereocenters. The Morgan fingerprint density at radius 2 is 0.622 bits per heavy atom. The molecule has 4 saturated carbocycles. The Bertz CT molecular complexity index is 1180. The molecule has 13 heteroatoms. The second-order valence-electron chi connectivity index (χ2n) is 16.3. The van der Waals surface area contributed by atoms with Gasteiger partial charge in [0.05, 0.1) is 54.6 Å². The summed E-state index contributed by atoms with van der Waals surface area (Å²) in [4.78, 5) is 0. The first-order valence-corrected chi connectivity index (χ1v) is 20.0. The molecule has 0 aromatic rings. The van der Waals surface area contributed by atoms with E-state index in [1.165, 1.54) is 77.0 Å². The van der Waals surface area contributed by atoms with E-state index in [2.05, 4.69) is 42.5 Å². The minimum Gasteiger partial charge on any atom is -0.286 e. The number of rotatable bonds is 1. The number of nitrogens with one attached hydrogen (secondary N) is 8. The maximum absolute atomic E-state index is 12.3. The van der Waals surface area contributed by atoms with Crippen molar-refractivity contribution < 1.29 is 32.4 Å². The predicted octanol–water partition coefficient (Wildman–Crippen LogP) is 1.47. The molecule has 4 aliphatic carbocycles. The zero-order valence-electron chi connectivity index (χ0n) is 26.8. The topological polar surface area (TPSA) is 151 Å². The Balaban J connectivity index is 0.00000300. The van der Waals surface area contributed by atoms with Crippen molar-refractivity contribution in [3.63, 3.8) is 0 Å². The van der Waals surface area contributed by atoms with E-state index in [1.807, 2.05) is 0 Å². The molecule has 9 aliphatic rings. The van der Waals surface area contributed by atoms with Gasteiger partial charge in [-0.3, -0.25) is 47.1 Å². The Labute approximate surface area is 282 Å². The van der Waals surface area contributed by atoms with Gasteiger partial charge in [0.25, 0.3) is 10.1 Å². The zero-order valence-corrected chi connectivity index (χ0v) is 30.6. The van der Waals surface area contributed by atoms with Crippen LogP contribution in [0.4, 0.5) is 0 Å². The minimum atomic E-state index is -4.05. The second kappa shape index (κ2) is 12.8. The Morgan fingerprint density at radius 1 is 0.378 bits per heavy atom. The largest absolute Gasteiger partial charge is 0.286 e. The smallest absolute Gasteiger partial charge is 0.267 e. The Hall–Kier alpha value is 0.213. The maximum Gasteiger partial charge on any atom is 0.267 e. The fourth-order valence-electron chi connectivity index (χ4n) is 12.2. The SMILES string of the molecule is O=S(=O)(O)C1CCC2C3NC4NC(NC5NC(NC6NC(NC(N3)C2C1)C1CCCCC61)C1CCCCC51)C1CCCCC41.[Zn]. The third-order valence-electron chi connectivity index (χ3n) is 14.3. The van der Waals surface area contributed by atoms with Gasteiger partial charge >= 0.3 is 0 Å². The van der Waals surface area contributed by atoms with Gasteiger partial charge in [0.2, 0.25) is 0 Å². The standard InChI is InChI=1S/C32H56N8O3S.Zn/c41-44(42,43)16-13-14-23-24(15-16)32-39-30-22-12-6-5-11-21(22)28(37-30)35-26-18-8-2-1-7-17(18)25(33-26)34-27-19-9-3-4-10-20(19)29(36-27)38-31(23)40-32;/h16-40H,1-15H2,(H,41,42,43);. The van der Waals surface area contributed by atoms with Crippen molar-refractivity contribution >= 4 is 10.1 Å². The van der Waals surface area contributed by atoms with E-state index in [1.54, 1.807) is 0 Å². The fourth-order valence-corrected chi connectivity index (χ4v) is 13.1. The summed E-state index contributed by atoms with van der Waals surface area (Å²) in [5, 5.41) is 32.1. The maximum atomic E-state index is 12.3. The zero-order chi connectivity index (χ0) is 29.6. The molecule has 0 spiro atoms. The summed E-state index contributed by atoms with van der Waals surface area (Å²) in [7, 11) is -4.05. The van der Waals surface area contributed by atoms with Crippen molar-refractivity contribution in [2.24, 2.45) is 47.3 Å². The van der Waals surface area contributed by atoms with Gasteiger partial charge in [0, 0.05) is 19.5 Å². The number of hydrogen-bond donors (Lipinski definition) is 9. The van der Waals surface area contributed by atoms with E-state index < -0.39 is 15.4 Å². The van der Waals surface area contributed by atoms with Gasteiger partial charge in [-0.05, 0) is 105 Å². The van der Waals surface area contributed by atoms with Crippen LogP contribution in [0.3, 0.4) is 0 Å². The van der Waals surface area contributed by atoms with Crippen molar-refractivity contribution in [3.05, 3.63) is 0 Å². The van der Waals surface area contributed by atoms with Gasteiger partial charge in [0.15, 0.2) is 0 Å². The van der Waals surface area contributed by atoms with Crippen LogP contribution in [-0.2, 0) is 29.6 Å². The van der Waals surface area contributed by atoms with E-state index in [0.29, 0.717) is 72.8 Å². The van der Waals surface area contributed by atoms with Crippen LogP contribution < -0.4 is 42.5 Å². The quantitative estimate of drug-likeness (QED) is 0.145. The van der Waals surface area contributed by atoms with Gasteiger partial charge in [-0.25, -0.2) is 0 Å². The van der Waals surface area contributed by atoms with Crippen molar-refractivity contribution in [3.8, 4) is 0 Å². The number of hydrogen-bond acceptors (Lipinski definition) is 10. The van der Waals surface area contributed by atoms with Crippen LogP contribution in [0.25, 0.3) is 0 Å². The van der Waals surface area contributed by atoms with Crippen LogP contribution in [0.2, 0.25) is 0 Å². The summed E-state index contributed by atoms with van der Waals surface area (Å²) in [5.41, 5.74) is 0. The molecule has 0 radical (unpaired) electrons. The van der Waals surface area contributed by atoms with E-state index in [9.17, 15) is 13.0 Å². The van der Waals surface area contributed by atoms with Crippen molar-refractivity contribution in [2.45, 2.75) is 151 Å². The Kier molecular flexibility index (Phi) is 9.24. The summed E-state index contributed by atoms with van der Waals surface area (Å²) in [6, 6.07) is 0. The average Bonchev–Trinajstić information content (AvgIpc) is 3.76. The summed E-state index contributed by atoms with van der Waals surface area (Å²) >= 11 is 0. The molecule has 5 saturated heterocycles. The van der Waals surface area contributed by atoms with Gasteiger partial charge in [-0.1, -0.05) is 38.5 Å². The van der Waals surface area contributed by atoms with Crippen LogP contribution in [0.5, 0.6) is 0 Å². The predicted molar refractivity (Wildman–Crippen MR) is 168 cm³/mol. The van der Waals surface area contributed by atoms with Crippen LogP contribution in [-0.4, -0.2) is 67.5 Å². The monoisotopic (exact) mass is 696 g/mol. The average molecular weight is 698 g/mol. The van der Waals surface area contributed by atoms with Crippen LogP contribution in [0.15, 0.2) is 0 Å². The van der Waals surface area contributed by atoms with E-state index in [4.69, 9.17) is 0 Å². The normalized spacial score (nSPS) is 54.3. The molecule has 5 aliphatic heterocycles.